The molecule has 2 N–H and O–H groups in total. The third-order valence-corrected chi connectivity index (χ3v) is 2.95. The monoisotopic (exact) mass is 277 g/mol. The van der Waals surface area contributed by atoms with Gasteiger partial charge in [-0.25, -0.2) is 4.79 Å². The number of benzene rings is 1. The molecule has 5 heteroatoms. The zero-order valence-corrected chi connectivity index (χ0v) is 11.9. The third kappa shape index (κ3) is 3.18. The fraction of sp³-hybridized carbons (Fsp3) is 0.400. The molecule has 1 aromatic carbocycles. The van der Waals surface area contributed by atoms with Crippen molar-refractivity contribution >= 4 is 16.9 Å². The number of nitrogens with zero attached hydrogens (tertiary/aromatic N) is 1. The average molecular weight is 277 g/mol. The first kappa shape index (κ1) is 14.6. The van der Waals surface area contributed by atoms with Gasteiger partial charge in [-0.05, 0) is 27.0 Å². The Hall–Kier alpha value is -1.85. The van der Waals surface area contributed by atoms with Crippen LogP contribution in [0.5, 0.6) is 0 Å². The van der Waals surface area contributed by atoms with Crippen LogP contribution in [0.1, 0.15) is 30.0 Å². The van der Waals surface area contributed by atoms with E-state index in [0.717, 1.165) is 0 Å². The molecule has 0 atom stereocenters. The van der Waals surface area contributed by atoms with E-state index in [1.165, 1.54) is 0 Å². The van der Waals surface area contributed by atoms with Gasteiger partial charge >= 0.3 is 5.97 Å². The summed E-state index contributed by atoms with van der Waals surface area (Å²) in [5.41, 5.74) is -0.0794. The number of carbonyl (C=O) groups is 1. The van der Waals surface area contributed by atoms with Crippen LogP contribution in [0.2, 0.25) is 0 Å². The minimum Gasteiger partial charge on any atom is -0.478 e. The van der Waals surface area contributed by atoms with Crippen LogP contribution in [0.4, 0.5) is 0 Å². The molecule has 0 saturated carbocycles. The summed E-state index contributed by atoms with van der Waals surface area (Å²) >= 11 is 0. The van der Waals surface area contributed by atoms with Crippen LogP contribution >= 0.6 is 0 Å². The molecule has 1 heterocycles. The highest BCUT2D eigenvalue weighted by Crippen LogP contribution is 2.27. The Balaban J connectivity index is 2.34. The number of hydrogen-bond acceptors (Lipinski definition) is 4. The van der Waals surface area contributed by atoms with Crippen molar-refractivity contribution < 1.29 is 19.4 Å². The van der Waals surface area contributed by atoms with Gasteiger partial charge in [-0.1, -0.05) is 18.2 Å². The Bertz CT molecular complexity index is 624. The number of aliphatic hydroxyl groups is 1. The Morgan fingerprint density at radius 2 is 2.00 bits per heavy atom. The van der Waals surface area contributed by atoms with Crippen molar-refractivity contribution in [3.8, 4) is 0 Å². The first-order chi connectivity index (χ1) is 9.28. The molecule has 1 aromatic heterocycles. The van der Waals surface area contributed by atoms with E-state index < -0.39 is 11.6 Å². The maximum absolute atomic E-state index is 11.4. The minimum atomic E-state index is -0.999. The zero-order chi connectivity index (χ0) is 14.9. The molecule has 0 fully saturated rings. The molecule has 0 aliphatic rings. The second kappa shape index (κ2) is 5.26. The van der Waals surface area contributed by atoms with Crippen molar-refractivity contribution in [3.05, 3.63) is 35.6 Å². The summed E-state index contributed by atoms with van der Waals surface area (Å²) in [5, 5.41) is 19.8. The Kier molecular flexibility index (Phi) is 3.83. The normalized spacial score (nSPS) is 12.2. The van der Waals surface area contributed by atoms with E-state index in [0.29, 0.717) is 29.8 Å². The number of rotatable bonds is 5. The summed E-state index contributed by atoms with van der Waals surface area (Å²) in [4.78, 5) is 13.3. The molecule has 0 radical (unpaired) electrons. The second-order valence-electron chi connectivity index (χ2n) is 5.69. The fourth-order valence-electron chi connectivity index (χ4n) is 2.40. The molecule has 0 unspecified atom stereocenters. The molecule has 0 saturated heterocycles. The quantitative estimate of drug-likeness (QED) is 0.877. The number of aromatic carboxylic acids is 1. The van der Waals surface area contributed by atoms with Crippen molar-refractivity contribution in [3.63, 3.8) is 0 Å². The summed E-state index contributed by atoms with van der Waals surface area (Å²) in [6.45, 7) is 4.17. The van der Waals surface area contributed by atoms with E-state index in [2.05, 4.69) is 0 Å². The molecule has 0 amide bonds. The SMILES string of the molecule is CN(Cc1oc2ccccc2c1C(=O)O)CC(C)(C)O. The van der Waals surface area contributed by atoms with Crippen molar-refractivity contribution in [2.45, 2.75) is 26.0 Å². The molecule has 20 heavy (non-hydrogen) atoms. The smallest absolute Gasteiger partial charge is 0.339 e. The van der Waals surface area contributed by atoms with Crippen LogP contribution < -0.4 is 0 Å². The van der Waals surface area contributed by atoms with E-state index in [1.54, 1.807) is 32.0 Å². The molecule has 0 bridgehead atoms. The van der Waals surface area contributed by atoms with Gasteiger partial charge in [-0.3, -0.25) is 4.90 Å². The maximum atomic E-state index is 11.4. The molecule has 2 rings (SSSR count). The molecule has 0 aliphatic heterocycles. The molecular weight excluding hydrogens is 258 g/mol. The van der Waals surface area contributed by atoms with Crippen LogP contribution in [0.25, 0.3) is 11.0 Å². The van der Waals surface area contributed by atoms with Crippen molar-refractivity contribution in [2.75, 3.05) is 13.6 Å². The van der Waals surface area contributed by atoms with Gasteiger partial charge in [0.2, 0.25) is 0 Å². The zero-order valence-electron chi connectivity index (χ0n) is 11.9. The van der Waals surface area contributed by atoms with E-state index in [4.69, 9.17) is 4.42 Å². The lowest BCUT2D eigenvalue weighted by molar-refractivity contribution is 0.0407. The number of carboxylic acid groups (broad SMARTS) is 1. The second-order valence-corrected chi connectivity index (χ2v) is 5.69. The van der Waals surface area contributed by atoms with Crippen molar-refractivity contribution in [1.82, 2.24) is 4.90 Å². The van der Waals surface area contributed by atoms with Gasteiger partial charge in [0, 0.05) is 11.9 Å². The Morgan fingerprint density at radius 3 is 2.60 bits per heavy atom. The number of fused-ring (bicyclic) bond motifs is 1. The molecule has 108 valence electrons. The van der Waals surface area contributed by atoms with Gasteiger partial charge in [0.25, 0.3) is 0 Å². The lowest BCUT2D eigenvalue weighted by Crippen LogP contribution is -2.36. The standard InChI is InChI=1S/C15H19NO4/c1-15(2,19)9-16(3)8-12-13(14(17)18)10-6-4-5-7-11(10)20-12/h4-7,19H,8-9H2,1-3H3,(H,17,18). The number of hydrogen-bond donors (Lipinski definition) is 2. The topological polar surface area (TPSA) is 73.9 Å². The lowest BCUT2D eigenvalue weighted by atomic mass is 10.1. The van der Waals surface area contributed by atoms with Gasteiger partial charge < -0.3 is 14.6 Å². The first-order valence-electron chi connectivity index (χ1n) is 6.42. The Labute approximate surface area is 117 Å². The van der Waals surface area contributed by atoms with Crippen LogP contribution in [0, 0.1) is 0 Å². The number of furan rings is 1. The number of likely N-dealkylation sites (N-methyl/N-ethyl adjacent to an activating group) is 1. The van der Waals surface area contributed by atoms with Gasteiger partial charge in [0.15, 0.2) is 0 Å². The van der Waals surface area contributed by atoms with Crippen LogP contribution in [0.3, 0.4) is 0 Å². The largest absolute Gasteiger partial charge is 0.478 e. The predicted octanol–water partition coefficient (Wildman–Crippen LogP) is 2.33. The molecule has 2 aromatic rings. The maximum Gasteiger partial charge on any atom is 0.339 e. The van der Waals surface area contributed by atoms with Crippen molar-refractivity contribution in [1.29, 1.82) is 0 Å². The molecular formula is C15H19NO4. The summed E-state index contributed by atoms with van der Waals surface area (Å²) in [6, 6.07) is 7.08. The fourth-order valence-corrected chi connectivity index (χ4v) is 2.40. The molecule has 0 aliphatic carbocycles. The summed E-state index contributed by atoms with van der Waals surface area (Å²) in [5.74, 6) is -0.591. The van der Waals surface area contributed by atoms with E-state index in [9.17, 15) is 15.0 Å². The Morgan fingerprint density at radius 1 is 1.35 bits per heavy atom. The predicted molar refractivity (Wildman–Crippen MR) is 75.8 cm³/mol. The van der Waals surface area contributed by atoms with Crippen molar-refractivity contribution in [2.24, 2.45) is 0 Å². The highest BCUT2D eigenvalue weighted by Gasteiger charge is 2.23. The third-order valence-electron chi connectivity index (χ3n) is 2.95. The van der Waals surface area contributed by atoms with Crippen LogP contribution in [-0.2, 0) is 6.54 Å². The van der Waals surface area contributed by atoms with E-state index >= 15 is 0 Å². The van der Waals surface area contributed by atoms with Crippen LogP contribution in [-0.4, -0.2) is 40.3 Å². The highest BCUT2D eigenvalue weighted by molar-refractivity contribution is 6.03. The van der Waals surface area contributed by atoms with Gasteiger partial charge in [-0.15, -0.1) is 0 Å². The van der Waals surface area contributed by atoms with E-state index in [-0.39, 0.29) is 5.56 Å². The minimum absolute atomic E-state index is 0.197. The summed E-state index contributed by atoms with van der Waals surface area (Å²) in [7, 11) is 1.82. The highest BCUT2D eigenvalue weighted by atomic mass is 16.4. The lowest BCUT2D eigenvalue weighted by Gasteiger charge is -2.24. The average Bonchev–Trinajstić information content (AvgIpc) is 2.63. The molecule has 5 nitrogen and oxygen atoms in total. The van der Waals surface area contributed by atoms with Gasteiger partial charge in [0.05, 0.1) is 12.1 Å². The van der Waals surface area contributed by atoms with Gasteiger partial charge in [-0.2, -0.15) is 0 Å². The molecule has 0 spiro atoms. The van der Waals surface area contributed by atoms with Crippen LogP contribution in [0.15, 0.2) is 28.7 Å². The van der Waals surface area contributed by atoms with Gasteiger partial charge in [0.1, 0.15) is 16.9 Å². The first-order valence-corrected chi connectivity index (χ1v) is 6.42. The summed E-state index contributed by atoms with van der Waals surface area (Å²) in [6.07, 6.45) is 0. The summed E-state index contributed by atoms with van der Waals surface area (Å²) < 4.78 is 5.64. The van der Waals surface area contributed by atoms with E-state index in [1.807, 2.05) is 18.0 Å². The number of para-hydroxylation sites is 1. The number of carboxylic acids is 1.